The summed E-state index contributed by atoms with van der Waals surface area (Å²) in [6.45, 7) is 6.34. The Balaban J connectivity index is 0.00000312. The van der Waals surface area contributed by atoms with E-state index in [-0.39, 0.29) is 57.5 Å². The van der Waals surface area contributed by atoms with Gasteiger partial charge in [-0.05, 0) is 32.8 Å². The fraction of sp³-hybridized carbons (Fsp3) is 0.611. The molecule has 26 heavy (non-hydrogen) atoms. The van der Waals surface area contributed by atoms with Crippen LogP contribution in [0.25, 0.3) is 0 Å². The highest BCUT2D eigenvalue weighted by Gasteiger charge is 2.34. The second-order valence-corrected chi connectivity index (χ2v) is 8.45. The molecule has 1 heterocycles. The zero-order valence-electron chi connectivity index (χ0n) is 15.6. The minimum absolute atomic E-state index is 0. The third-order valence-corrected chi connectivity index (χ3v) is 5.07. The topological polar surface area (TPSA) is 78.6 Å². The van der Waals surface area contributed by atoms with Gasteiger partial charge in [0.15, 0.2) is 0 Å². The van der Waals surface area contributed by atoms with E-state index in [9.17, 15) is 9.90 Å². The standard InChI is InChI=1S/C18H29N3O2S.2BrH/c1-18(2,3)20-17(23)15-11-24-12-21(15)10-16(22)14(19)9-13-7-5-4-6-8-13;;/h4-8,14-16,22H,9-12,19H2,1-3H3,(H,20,23);2*1H/t14-,15-,16+;;/m0../s1. The number of amides is 1. The van der Waals surface area contributed by atoms with Crippen molar-refractivity contribution in [2.24, 2.45) is 5.73 Å². The van der Waals surface area contributed by atoms with Gasteiger partial charge < -0.3 is 16.2 Å². The normalized spacial score (nSPS) is 19.8. The quantitative estimate of drug-likeness (QED) is 0.545. The molecule has 1 amide bonds. The van der Waals surface area contributed by atoms with E-state index in [1.165, 1.54) is 0 Å². The van der Waals surface area contributed by atoms with Crippen LogP contribution in [0.3, 0.4) is 0 Å². The first-order valence-electron chi connectivity index (χ1n) is 8.37. The first kappa shape index (κ1) is 25.9. The van der Waals surface area contributed by atoms with Gasteiger partial charge in [0.05, 0.1) is 12.1 Å². The second-order valence-electron chi connectivity index (χ2n) is 7.45. The predicted molar refractivity (Wildman–Crippen MR) is 120 cm³/mol. The molecule has 1 aliphatic heterocycles. The summed E-state index contributed by atoms with van der Waals surface area (Å²) in [6.07, 6.45) is -0.0316. The molecule has 150 valence electrons. The van der Waals surface area contributed by atoms with Crippen molar-refractivity contribution in [1.29, 1.82) is 0 Å². The molecule has 0 spiro atoms. The molecule has 0 radical (unpaired) electrons. The van der Waals surface area contributed by atoms with Gasteiger partial charge in [0.2, 0.25) is 5.91 Å². The molecule has 3 atom stereocenters. The van der Waals surface area contributed by atoms with E-state index < -0.39 is 6.10 Å². The Morgan fingerprint density at radius 3 is 2.54 bits per heavy atom. The molecule has 0 aliphatic carbocycles. The third kappa shape index (κ3) is 8.27. The predicted octanol–water partition coefficient (Wildman–Crippen LogP) is 2.36. The molecule has 0 saturated carbocycles. The highest BCUT2D eigenvalue weighted by Crippen LogP contribution is 2.22. The molecule has 0 unspecified atom stereocenters. The number of rotatable bonds is 6. The van der Waals surface area contributed by atoms with E-state index in [0.29, 0.717) is 13.0 Å². The van der Waals surface area contributed by atoms with Crippen molar-refractivity contribution in [1.82, 2.24) is 10.2 Å². The van der Waals surface area contributed by atoms with E-state index in [4.69, 9.17) is 5.73 Å². The lowest BCUT2D eigenvalue weighted by molar-refractivity contribution is -0.126. The summed E-state index contributed by atoms with van der Waals surface area (Å²) in [7, 11) is 0. The van der Waals surface area contributed by atoms with Crippen LogP contribution in [0.4, 0.5) is 0 Å². The van der Waals surface area contributed by atoms with Crippen LogP contribution in [0.2, 0.25) is 0 Å². The summed E-state index contributed by atoms with van der Waals surface area (Å²) in [5.41, 5.74) is 7.03. The van der Waals surface area contributed by atoms with Crippen molar-refractivity contribution in [3.8, 4) is 0 Å². The smallest absolute Gasteiger partial charge is 0.238 e. The van der Waals surface area contributed by atoms with Crippen LogP contribution in [0.15, 0.2) is 30.3 Å². The number of hydrogen-bond acceptors (Lipinski definition) is 5. The molecule has 1 aliphatic rings. The van der Waals surface area contributed by atoms with Gasteiger partial charge in [0.25, 0.3) is 0 Å². The number of benzene rings is 1. The van der Waals surface area contributed by atoms with Crippen LogP contribution in [-0.2, 0) is 11.2 Å². The van der Waals surface area contributed by atoms with E-state index in [2.05, 4.69) is 5.32 Å². The Morgan fingerprint density at radius 2 is 1.96 bits per heavy atom. The summed E-state index contributed by atoms with van der Waals surface area (Å²) in [4.78, 5) is 14.5. The SMILES string of the molecule is Br.Br.CC(C)(C)NC(=O)[C@@H]1CSCN1C[C@@H](O)[C@@H](N)Cc1ccccc1. The minimum atomic E-state index is -0.658. The molecule has 8 heteroatoms. The first-order chi connectivity index (χ1) is 11.3. The Morgan fingerprint density at radius 1 is 1.35 bits per heavy atom. The van der Waals surface area contributed by atoms with E-state index in [1.807, 2.05) is 56.0 Å². The number of halogens is 2. The minimum Gasteiger partial charge on any atom is -0.390 e. The van der Waals surface area contributed by atoms with Gasteiger partial charge in [-0.15, -0.1) is 45.7 Å². The molecule has 1 fully saturated rings. The highest BCUT2D eigenvalue weighted by molar-refractivity contribution is 8.93. The van der Waals surface area contributed by atoms with E-state index in [0.717, 1.165) is 17.2 Å². The maximum Gasteiger partial charge on any atom is 0.238 e. The summed E-state index contributed by atoms with van der Waals surface area (Å²) in [5, 5.41) is 13.5. The average Bonchev–Trinajstić information content (AvgIpc) is 2.94. The number of β-amino-alcohol motifs (C(OH)–C–C–N with tert-alkyl or cyclic N) is 1. The number of nitrogens with two attached hydrogens (primary N) is 1. The Kier molecular flexibility index (Phi) is 11.6. The van der Waals surface area contributed by atoms with Gasteiger partial charge in [-0.1, -0.05) is 30.3 Å². The largest absolute Gasteiger partial charge is 0.390 e. The van der Waals surface area contributed by atoms with Gasteiger partial charge in [0, 0.05) is 29.8 Å². The molecule has 2 rings (SSSR count). The van der Waals surface area contributed by atoms with Crippen LogP contribution in [-0.4, -0.2) is 57.8 Å². The molecule has 0 bridgehead atoms. The van der Waals surface area contributed by atoms with Gasteiger partial charge >= 0.3 is 0 Å². The maximum atomic E-state index is 12.4. The lowest BCUT2D eigenvalue weighted by Crippen LogP contribution is -2.53. The van der Waals surface area contributed by atoms with Crippen molar-refractivity contribution in [2.75, 3.05) is 18.2 Å². The van der Waals surface area contributed by atoms with Crippen molar-refractivity contribution in [3.63, 3.8) is 0 Å². The molecule has 5 nitrogen and oxygen atoms in total. The number of nitrogens with zero attached hydrogens (tertiary/aromatic N) is 1. The van der Waals surface area contributed by atoms with Crippen LogP contribution in [0.1, 0.15) is 26.3 Å². The van der Waals surface area contributed by atoms with Crippen molar-refractivity contribution in [3.05, 3.63) is 35.9 Å². The summed E-state index contributed by atoms with van der Waals surface area (Å²) in [5.74, 6) is 1.52. The molecule has 1 aromatic rings. The van der Waals surface area contributed by atoms with Crippen LogP contribution in [0, 0.1) is 0 Å². The molecule has 1 aromatic carbocycles. The number of aliphatic hydroxyl groups excluding tert-OH is 1. The molecule has 1 saturated heterocycles. The highest BCUT2D eigenvalue weighted by atomic mass is 79.9. The number of hydrogen-bond donors (Lipinski definition) is 3. The van der Waals surface area contributed by atoms with Crippen molar-refractivity contribution in [2.45, 2.75) is 50.9 Å². The molecular weight excluding hydrogens is 482 g/mol. The van der Waals surface area contributed by atoms with Gasteiger partial charge in [0.1, 0.15) is 0 Å². The van der Waals surface area contributed by atoms with Crippen molar-refractivity contribution >= 4 is 51.6 Å². The summed E-state index contributed by atoms with van der Waals surface area (Å²) in [6, 6.07) is 9.38. The summed E-state index contributed by atoms with van der Waals surface area (Å²) < 4.78 is 0. The molecule has 4 N–H and O–H groups in total. The number of aliphatic hydroxyl groups is 1. The number of carbonyl (C=O) groups is 1. The number of thioether (sulfide) groups is 1. The lowest BCUT2D eigenvalue weighted by atomic mass is 10.0. The first-order valence-corrected chi connectivity index (χ1v) is 9.53. The Labute approximate surface area is 182 Å². The van der Waals surface area contributed by atoms with Crippen LogP contribution in [0.5, 0.6) is 0 Å². The molecular formula is C18H31Br2N3O2S. The lowest BCUT2D eigenvalue weighted by Gasteiger charge is -2.30. The molecule has 0 aromatic heterocycles. The van der Waals surface area contributed by atoms with Gasteiger partial charge in [-0.25, -0.2) is 0 Å². The van der Waals surface area contributed by atoms with Crippen LogP contribution >= 0.6 is 45.7 Å². The number of carbonyl (C=O) groups excluding carboxylic acids is 1. The maximum absolute atomic E-state index is 12.4. The third-order valence-electron chi connectivity index (χ3n) is 4.00. The number of nitrogens with one attached hydrogen (secondary N) is 1. The van der Waals surface area contributed by atoms with Crippen LogP contribution < -0.4 is 11.1 Å². The zero-order valence-corrected chi connectivity index (χ0v) is 19.8. The van der Waals surface area contributed by atoms with E-state index in [1.54, 1.807) is 11.8 Å². The monoisotopic (exact) mass is 511 g/mol. The second kappa shape index (κ2) is 11.7. The van der Waals surface area contributed by atoms with E-state index >= 15 is 0 Å². The fourth-order valence-corrected chi connectivity index (χ4v) is 3.96. The Hall–Kier alpha value is -0.120. The Bertz CT molecular complexity index is 543. The summed E-state index contributed by atoms with van der Waals surface area (Å²) >= 11 is 1.72. The fourth-order valence-electron chi connectivity index (χ4n) is 2.75. The average molecular weight is 513 g/mol. The van der Waals surface area contributed by atoms with Gasteiger partial charge in [-0.2, -0.15) is 0 Å². The van der Waals surface area contributed by atoms with Gasteiger partial charge in [-0.3, -0.25) is 9.69 Å². The van der Waals surface area contributed by atoms with Crippen molar-refractivity contribution < 1.29 is 9.90 Å². The zero-order chi connectivity index (χ0) is 17.7.